The van der Waals surface area contributed by atoms with Gasteiger partial charge >= 0.3 is 0 Å². The largest absolute Gasteiger partial charge is 0.494 e. The van der Waals surface area contributed by atoms with Crippen molar-refractivity contribution in [3.05, 3.63) is 59.1 Å². The summed E-state index contributed by atoms with van der Waals surface area (Å²) >= 11 is 12.0. The fourth-order valence-corrected chi connectivity index (χ4v) is 2.84. The van der Waals surface area contributed by atoms with Crippen molar-refractivity contribution in [3.8, 4) is 17.0 Å². The second-order valence-electron chi connectivity index (χ2n) is 5.34. The first-order valence-electron chi connectivity index (χ1n) is 7.62. The van der Waals surface area contributed by atoms with Gasteiger partial charge in [-0.25, -0.2) is 4.98 Å². The summed E-state index contributed by atoms with van der Waals surface area (Å²) in [4.78, 5) is 16.4. The summed E-state index contributed by atoms with van der Waals surface area (Å²) in [6.45, 7) is 2.73. The van der Waals surface area contributed by atoms with Crippen molar-refractivity contribution >= 4 is 39.3 Å². The van der Waals surface area contributed by atoms with Gasteiger partial charge in [0.15, 0.2) is 0 Å². The van der Waals surface area contributed by atoms with Gasteiger partial charge in [0.2, 0.25) is 0 Å². The molecule has 0 aliphatic rings. The average Bonchev–Trinajstić information content (AvgIpc) is 2.60. The predicted molar refractivity (Wildman–Crippen MR) is 98.2 cm³/mol. The van der Waals surface area contributed by atoms with Crippen molar-refractivity contribution in [2.24, 2.45) is 0 Å². The molecule has 0 aliphatic carbocycles. The van der Waals surface area contributed by atoms with Crippen molar-refractivity contribution in [2.45, 2.75) is 13.3 Å². The van der Waals surface area contributed by atoms with Gasteiger partial charge in [0, 0.05) is 16.5 Å². The summed E-state index contributed by atoms with van der Waals surface area (Å²) in [5.41, 5.74) is 2.46. The minimum absolute atomic E-state index is 0.394. The summed E-state index contributed by atoms with van der Waals surface area (Å²) in [6, 6.07) is 14.6. The number of nitrogens with zero attached hydrogens (tertiary/aromatic N) is 1. The van der Waals surface area contributed by atoms with Crippen molar-refractivity contribution in [1.82, 2.24) is 4.98 Å². The van der Waals surface area contributed by atoms with E-state index in [1.54, 1.807) is 24.3 Å². The Morgan fingerprint density at radius 1 is 1.17 bits per heavy atom. The molecule has 0 saturated heterocycles. The Morgan fingerprint density at radius 3 is 2.58 bits per heavy atom. The number of carbonyl (C=O) groups is 1. The number of ether oxygens (including phenoxy) is 1. The number of halogens is 2. The molecule has 0 radical (unpaired) electrons. The lowest BCUT2D eigenvalue weighted by Crippen LogP contribution is -1.97. The van der Waals surface area contributed by atoms with E-state index in [0.717, 1.165) is 17.7 Å². The zero-order valence-corrected chi connectivity index (χ0v) is 14.6. The summed E-state index contributed by atoms with van der Waals surface area (Å²) in [5, 5.41) is 0.597. The monoisotopic (exact) mass is 359 g/mol. The van der Waals surface area contributed by atoms with Gasteiger partial charge in [0.1, 0.15) is 5.75 Å². The van der Waals surface area contributed by atoms with Gasteiger partial charge in [-0.15, -0.1) is 0 Å². The first-order valence-corrected chi connectivity index (χ1v) is 8.38. The first-order chi connectivity index (χ1) is 11.6. The lowest BCUT2D eigenvalue weighted by Gasteiger charge is -2.09. The highest BCUT2D eigenvalue weighted by molar-refractivity contribution is 6.68. The van der Waals surface area contributed by atoms with E-state index in [1.165, 1.54) is 0 Å². The van der Waals surface area contributed by atoms with Crippen LogP contribution in [0.2, 0.25) is 5.02 Å². The molecular weight excluding hydrogens is 345 g/mol. The van der Waals surface area contributed by atoms with Gasteiger partial charge in [0.25, 0.3) is 5.24 Å². The number of fused-ring (bicyclic) bond motifs is 1. The van der Waals surface area contributed by atoms with Gasteiger partial charge < -0.3 is 4.74 Å². The Hall–Kier alpha value is -2.10. The lowest BCUT2D eigenvalue weighted by atomic mass is 10.0. The number of benzene rings is 2. The molecule has 0 aliphatic heterocycles. The normalized spacial score (nSPS) is 10.8. The molecule has 0 spiro atoms. The smallest absolute Gasteiger partial charge is 0.253 e. The minimum atomic E-state index is -0.534. The zero-order valence-electron chi connectivity index (χ0n) is 13.1. The maximum atomic E-state index is 11.8. The molecule has 0 N–H and O–H groups in total. The topological polar surface area (TPSA) is 39.2 Å². The fraction of sp³-hybridized carbons (Fsp3) is 0.158. The minimum Gasteiger partial charge on any atom is -0.494 e. The zero-order chi connectivity index (χ0) is 17.1. The molecule has 0 unspecified atom stereocenters. The van der Waals surface area contributed by atoms with Crippen LogP contribution in [0.25, 0.3) is 22.2 Å². The van der Waals surface area contributed by atoms with Crippen LogP contribution in [0.3, 0.4) is 0 Å². The van der Waals surface area contributed by atoms with Gasteiger partial charge in [-0.3, -0.25) is 4.79 Å². The van der Waals surface area contributed by atoms with E-state index in [9.17, 15) is 4.79 Å². The Balaban J connectivity index is 2.09. The number of carbonyl (C=O) groups excluding carboxylic acids is 1. The number of hydrogen-bond donors (Lipinski definition) is 0. The van der Waals surface area contributed by atoms with Gasteiger partial charge in [-0.1, -0.05) is 30.7 Å². The van der Waals surface area contributed by atoms with Crippen LogP contribution in [-0.4, -0.2) is 16.8 Å². The Kier molecular flexibility index (Phi) is 5.03. The van der Waals surface area contributed by atoms with E-state index in [4.69, 9.17) is 27.9 Å². The first kappa shape index (κ1) is 16.7. The van der Waals surface area contributed by atoms with Gasteiger partial charge in [-0.05, 0) is 54.4 Å². The highest BCUT2D eigenvalue weighted by Crippen LogP contribution is 2.30. The predicted octanol–water partition coefficient (Wildman–Crippen LogP) is 5.72. The molecule has 0 amide bonds. The number of hydrogen-bond acceptors (Lipinski definition) is 3. The average molecular weight is 360 g/mol. The third-order valence-electron chi connectivity index (χ3n) is 3.62. The van der Waals surface area contributed by atoms with Crippen LogP contribution >= 0.6 is 23.2 Å². The SMILES string of the molecule is CCCOc1ccc(-c2cc(C(=O)Cl)c3cccc(Cl)c3n2)cc1. The molecule has 1 aromatic heterocycles. The summed E-state index contributed by atoms with van der Waals surface area (Å²) in [7, 11) is 0. The van der Waals surface area contributed by atoms with Crippen LogP contribution < -0.4 is 4.74 Å². The van der Waals surface area contributed by atoms with Crippen LogP contribution in [0.1, 0.15) is 23.7 Å². The molecule has 2 aromatic carbocycles. The molecule has 24 heavy (non-hydrogen) atoms. The Morgan fingerprint density at radius 2 is 1.92 bits per heavy atom. The maximum absolute atomic E-state index is 11.8. The van der Waals surface area contributed by atoms with Crippen LogP contribution in [-0.2, 0) is 0 Å². The van der Waals surface area contributed by atoms with Crippen molar-refractivity contribution in [2.75, 3.05) is 6.61 Å². The second kappa shape index (κ2) is 7.20. The van der Waals surface area contributed by atoms with Crippen molar-refractivity contribution in [3.63, 3.8) is 0 Å². The van der Waals surface area contributed by atoms with Crippen LogP contribution in [0.15, 0.2) is 48.5 Å². The second-order valence-corrected chi connectivity index (χ2v) is 6.09. The molecule has 0 bridgehead atoms. The third kappa shape index (κ3) is 3.37. The molecule has 1 heterocycles. The molecular formula is C19H15Cl2NO2. The van der Waals surface area contributed by atoms with E-state index in [-0.39, 0.29) is 0 Å². The molecule has 0 saturated carbocycles. The molecule has 3 aromatic rings. The van der Waals surface area contributed by atoms with Gasteiger partial charge in [-0.2, -0.15) is 0 Å². The summed E-state index contributed by atoms with van der Waals surface area (Å²) < 4.78 is 5.58. The highest BCUT2D eigenvalue weighted by atomic mass is 35.5. The van der Waals surface area contributed by atoms with Crippen molar-refractivity contribution < 1.29 is 9.53 Å². The molecule has 3 rings (SSSR count). The van der Waals surface area contributed by atoms with Gasteiger partial charge in [0.05, 0.1) is 22.8 Å². The van der Waals surface area contributed by atoms with Crippen LogP contribution in [0.4, 0.5) is 0 Å². The van der Waals surface area contributed by atoms with Crippen molar-refractivity contribution in [1.29, 1.82) is 0 Å². The Labute approximate surface area is 150 Å². The molecule has 3 nitrogen and oxygen atoms in total. The fourth-order valence-electron chi connectivity index (χ4n) is 2.47. The van der Waals surface area contributed by atoms with E-state index >= 15 is 0 Å². The summed E-state index contributed by atoms with van der Waals surface area (Å²) in [6.07, 6.45) is 0.952. The molecule has 122 valence electrons. The third-order valence-corrected chi connectivity index (χ3v) is 4.13. The molecule has 0 fully saturated rings. The van der Waals surface area contributed by atoms with E-state index < -0.39 is 5.24 Å². The number of pyridine rings is 1. The summed E-state index contributed by atoms with van der Waals surface area (Å²) in [5.74, 6) is 0.799. The van der Waals surface area contributed by atoms with E-state index in [1.807, 2.05) is 24.3 Å². The number of para-hydroxylation sites is 1. The number of rotatable bonds is 5. The van der Waals surface area contributed by atoms with E-state index in [0.29, 0.717) is 33.8 Å². The Bertz CT molecular complexity index is 892. The van der Waals surface area contributed by atoms with E-state index in [2.05, 4.69) is 11.9 Å². The van der Waals surface area contributed by atoms with Crippen LogP contribution in [0.5, 0.6) is 5.75 Å². The standard InChI is InChI=1S/C19H15Cl2NO2/c1-2-10-24-13-8-6-12(7-9-13)17-11-15(19(21)23)14-4-3-5-16(20)18(14)22-17/h3-9,11H,2,10H2,1H3. The molecule has 5 heteroatoms. The lowest BCUT2D eigenvalue weighted by molar-refractivity contribution is 0.108. The quantitative estimate of drug-likeness (QED) is 0.546. The maximum Gasteiger partial charge on any atom is 0.253 e. The number of aromatic nitrogens is 1. The van der Waals surface area contributed by atoms with Crippen LogP contribution in [0, 0.1) is 0 Å². The highest BCUT2D eigenvalue weighted by Gasteiger charge is 2.14. The molecule has 0 atom stereocenters.